The summed E-state index contributed by atoms with van der Waals surface area (Å²) in [7, 11) is 0. The maximum Gasteiger partial charge on any atom is 0.132 e. The molecule has 0 saturated carbocycles. The van der Waals surface area contributed by atoms with Crippen LogP contribution in [0.15, 0.2) is 41.1 Å². The van der Waals surface area contributed by atoms with E-state index in [1.807, 2.05) is 18.2 Å². The van der Waals surface area contributed by atoms with Gasteiger partial charge in [0.25, 0.3) is 0 Å². The molecule has 0 aliphatic carbocycles. The van der Waals surface area contributed by atoms with E-state index in [-0.39, 0.29) is 0 Å². The van der Waals surface area contributed by atoms with Crippen molar-refractivity contribution in [1.82, 2.24) is 14.5 Å². The van der Waals surface area contributed by atoms with Crippen LogP contribution in [-0.2, 0) is 6.54 Å². The highest BCUT2D eigenvalue weighted by atomic mass is 79.9. The third-order valence-corrected chi connectivity index (χ3v) is 4.15. The quantitative estimate of drug-likeness (QED) is 0.771. The zero-order valence-electron chi connectivity index (χ0n) is 11.0. The van der Waals surface area contributed by atoms with Crippen molar-refractivity contribution in [2.45, 2.75) is 19.4 Å². The summed E-state index contributed by atoms with van der Waals surface area (Å²) < 4.78 is 3.18. The van der Waals surface area contributed by atoms with Crippen molar-refractivity contribution < 1.29 is 0 Å². The molecular formula is C15H13BrN4. The molecule has 1 unspecified atom stereocenters. The van der Waals surface area contributed by atoms with E-state index in [9.17, 15) is 0 Å². The van der Waals surface area contributed by atoms with Gasteiger partial charge in [-0.15, -0.1) is 0 Å². The van der Waals surface area contributed by atoms with Gasteiger partial charge in [-0.05, 0) is 45.8 Å². The van der Waals surface area contributed by atoms with E-state index in [1.165, 1.54) is 5.56 Å². The molecule has 20 heavy (non-hydrogen) atoms. The highest BCUT2D eigenvalue weighted by Gasteiger charge is 2.20. The molecule has 0 spiro atoms. The molecule has 4 rings (SSSR count). The van der Waals surface area contributed by atoms with Gasteiger partial charge in [0.15, 0.2) is 0 Å². The van der Waals surface area contributed by atoms with Crippen molar-refractivity contribution in [3.8, 4) is 0 Å². The Morgan fingerprint density at radius 1 is 1.30 bits per heavy atom. The number of anilines is 2. The normalized spacial score (nSPS) is 16.8. The van der Waals surface area contributed by atoms with Crippen molar-refractivity contribution in [2.75, 3.05) is 5.32 Å². The van der Waals surface area contributed by atoms with Crippen LogP contribution < -0.4 is 5.32 Å². The molecule has 1 atom stereocenters. The molecule has 1 aliphatic rings. The highest BCUT2D eigenvalue weighted by Crippen LogP contribution is 2.32. The van der Waals surface area contributed by atoms with Gasteiger partial charge in [0.05, 0.1) is 11.0 Å². The molecule has 0 saturated heterocycles. The minimum Gasteiger partial charge on any atom is -0.334 e. The van der Waals surface area contributed by atoms with Gasteiger partial charge in [-0.2, -0.15) is 0 Å². The topological polar surface area (TPSA) is 42.7 Å². The molecule has 0 fully saturated rings. The summed E-state index contributed by atoms with van der Waals surface area (Å²) in [6.45, 7) is 3.30. The van der Waals surface area contributed by atoms with Crippen molar-refractivity contribution >= 4 is 38.6 Å². The van der Waals surface area contributed by atoms with Crippen LogP contribution >= 0.6 is 15.9 Å². The van der Waals surface area contributed by atoms with Gasteiger partial charge in [-0.3, -0.25) is 4.98 Å². The van der Waals surface area contributed by atoms with E-state index in [2.05, 4.69) is 55.0 Å². The van der Waals surface area contributed by atoms with Crippen LogP contribution in [0.2, 0.25) is 0 Å². The first-order valence-electron chi connectivity index (χ1n) is 6.58. The average molecular weight is 329 g/mol. The Morgan fingerprint density at radius 2 is 2.20 bits per heavy atom. The first-order chi connectivity index (χ1) is 9.69. The molecule has 1 N–H and O–H groups in total. The Morgan fingerprint density at radius 3 is 2.95 bits per heavy atom. The number of rotatable bonds is 2. The van der Waals surface area contributed by atoms with Crippen LogP contribution in [0.1, 0.15) is 18.4 Å². The number of aromatic nitrogens is 3. The largest absolute Gasteiger partial charge is 0.334 e. The average Bonchev–Trinajstić information content (AvgIpc) is 2.97. The number of fused-ring (bicyclic) bond motifs is 3. The van der Waals surface area contributed by atoms with E-state index >= 15 is 0 Å². The third-order valence-electron chi connectivity index (χ3n) is 3.72. The number of hydrogen-bond acceptors (Lipinski definition) is 3. The SMILES string of the molecule is CC1Cn2cc1cc2Nc1ccc2ncc(Br)cc2n1. The smallest absolute Gasteiger partial charge is 0.132 e. The van der Waals surface area contributed by atoms with Gasteiger partial charge in [0.2, 0.25) is 0 Å². The number of halogens is 1. The van der Waals surface area contributed by atoms with Crippen molar-refractivity contribution in [2.24, 2.45) is 0 Å². The summed E-state index contributed by atoms with van der Waals surface area (Å²) in [5.41, 5.74) is 3.17. The lowest BCUT2D eigenvalue weighted by Crippen LogP contribution is -2.06. The summed E-state index contributed by atoms with van der Waals surface area (Å²) in [4.78, 5) is 8.94. The molecule has 2 bridgehead atoms. The van der Waals surface area contributed by atoms with Gasteiger partial charge < -0.3 is 9.88 Å². The first kappa shape index (κ1) is 11.9. The van der Waals surface area contributed by atoms with E-state index in [4.69, 9.17) is 0 Å². The molecule has 5 heteroatoms. The van der Waals surface area contributed by atoms with Crippen LogP contribution in [0, 0.1) is 0 Å². The molecule has 100 valence electrons. The molecule has 4 nitrogen and oxygen atoms in total. The van der Waals surface area contributed by atoms with E-state index in [0.717, 1.165) is 33.7 Å². The number of nitrogens with zero attached hydrogens (tertiary/aromatic N) is 3. The van der Waals surface area contributed by atoms with Crippen molar-refractivity contribution in [1.29, 1.82) is 0 Å². The minimum atomic E-state index is 0.630. The Labute approximate surface area is 125 Å². The zero-order valence-corrected chi connectivity index (χ0v) is 12.6. The Bertz CT molecular complexity index is 809. The number of pyridine rings is 2. The van der Waals surface area contributed by atoms with Gasteiger partial charge in [0.1, 0.15) is 11.6 Å². The standard InChI is InChI=1S/C15H13BrN4/c1-9-7-20-8-10(9)4-15(20)19-14-3-2-12-13(18-14)5-11(16)6-17-12/h2-6,8-9H,7H2,1H3,(H,18,19). The van der Waals surface area contributed by atoms with E-state index < -0.39 is 0 Å². The molecular weight excluding hydrogens is 316 g/mol. The lowest BCUT2D eigenvalue weighted by Gasteiger charge is -2.14. The first-order valence-corrected chi connectivity index (χ1v) is 7.38. The van der Waals surface area contributed by atoms with E-state index in [1.54, 1.807) is 6.20 Å². The number of hydrogen-bond donors (Lipinski definition) is 1. The van der Waals surface area contributed by atoms with Crippen molar-refractivity contribution in [3.63, 3.8) is 0 Å². The van der Waals surface area contributed by atoms with Gasteiger partial charge >= 0.3 is 0 Å². The predicted octanol–water partition coefficient (Wildman–Crippen LogP) is 4.05. The molecule has 3 aromatic heterocycles. The zero-order chi connectivity index (χ0) is 13.7. The summed E-state index contributed by atoms with van der Waals surface area (Å²) in [6, 6.07) is 8.12. The summed E-state index contributed by atoms with van der Waals surface area (Å²) in [5.74, 6) is 2.58. The molecule has 0 radical (unpaired) electrons. The van der Waals surface area contributed by atoms with Crippen LogP contribution in [0.4, 0.5) is 11.6 Å². The van der Waals surface area contributed by atoms with Crippen molar-refractivity contribution in [3.05, 3.63) is 46.7 Å². The molecule has 0 aromatic carbocycles. The fourth-order valence-electron chi connectivity index (χ4n) is 2.64. The fourth-order valence-corrected chi connectivity index (χ4v) is 2.96. The second-order valence-corrected chi connectivity index (χ2v) is 6.14. The molecule has 4 heterocycles. The molecule has 0 amide bonds. The van der Waals surface area contributed by atoms with Gasteiger partial charge in [-0.1, -0.05) is 6.92 Å². The lowest BCUT2D eigenvalue weighted by molar-refractivity contribution is 0.644. The summed E-state index contributed by atoms with van der Waals surface area (Å²) in [6.07, 6.45) is 3.99. The Kier molecular flexibility index (Phi) is 2.57. The summed E-state index contributed by atoms with van der Waals surface area (Å²) >= 11 is 3.43. The van der Waals surface area contributed by atoms with Crippen LogP contribution in [0.25, 0.3) is 11.0 Å². The lowest BCUT2D eigenvalue weighted by atomic mass is 10.1. The highest BCUT2D eigenvalue weighted by molar-refractivity contribution is 9.10. The number of nitrogens with one attached hydrogen (secondary N) is 1. The summed E-state index contributed by atoms with van der Waals surface area (Å²) in [5, 5.41) is 3.39. The second-order valence-electron chi connectivity index (χ2n) is 5.23. The minimum absolute atomic E-state index is 0.630. The molecule has 3 aromatic rings. The van der Waals surface area contributed by atoms with Crippen LogP contribution in [-0.4, -0.2) is 14.5 Å². The Balaban J connectivity index is 1.70. The van der Waals surface area contributed by atoms with Gasteiger partial charge in [0, 0.05) is 29.3 Å². The fraction of sp³-hybridized carbons (Fsp3) is 0.200. The van der Waals surface area contributed by atoms with Crippen LogP contribution in [0.3, 0.4) is 0 Å². The Hall–Kier alpha value is -1.88. The second kappa shape index (κ2) is 4.31. The van der Waals surface area contributed by atoms with E-state index in [0.29, 0.717) is 5.92 Å². The monoisotopic (exact) mass is 328 g/mol. The third kappa shape index (κ3) is 1.89. The molecule has 1 aliphatic heterocycles. The predicted molar refractivity (Wildman–Crippen MR) is 83.4 cm³/mol. The van der Waals surface area contributed by atoms with Crippen LogP contribution in [0.5, 0.6) is 0 Å². The maximum absolute atomic E-state index is 4.61. The maximum atomic E-state index is 4.61. The van der Waals surface area contributed by atoms with Gasteiger partial charge in [-0.25, -0.2) is 4.98 Å².